The van der Waals surface area contributed by atoms with Gasteiger partial charge >= 0.3 is 11.9 Å². The largest absolute Gasteiger partial charge is 0.507 e. The molecule has 3 aromatic rings. The molecule has 0 aliphatic heterocycles. The summed E-state index contributed by atoms with van der Waals surface area (Å²) in [5, 5.41) is 10.1. The lowest BCUT2D eigenvalue weighted by molar-refractivity contribution is -0.135. The maximum Gasteiger partial charge on any atom is 0.311 e. The van der Waals surface area contributed by atoms with Crippen LogP contribution in [0.4, 0.5) is 0 Å². The Kier molecular flexibility index (Phi) is 5.44. The van der Waals surface area contributed by atoms with Crippen LogP contribution in [0.3, 0.4) is 0 Å². The molecule has 0 radical (unpaired) electrons. The molecule has 3 rings (SSSR count). The highest BCUT2D eigenvalue weighted by atomic mass is 16.5. The summed E-state index contributed by atoms with van der Waals surface area (Å²) >= 11 is 0. The predicted molar refractivity (Wildman–Crippen MR) is 101 cm³/mol. The van der Waals surface area contributed by atoms with Crippen LogP contribution < -0.4 is 14.9 Å². The lowest BCUT2D eigenvalue weighted by Gasteiger charge is -2.12. The molecule has 0 atom stereocenters. The van der Waals surface area contributed by atoms with Crippen molar-refractivity contribution < 1.29 is 28.6 Å². The molecule has 1 N–H and O–H groups in total. The van der Waals surface area contributed by atoms with Gasteiger partial charge in [0.25, 0.3) is 0 Å². The zero-order valence-corrected chi connectivity index (χ0v) is 15.4. The van der Waals surface area contributed by atoms with Gasteiger partial charge in [-0.15, -0.1) is 0 Å². The number of benzene rings is 2. The molecule has 7 nitrogen and oxygen atoms in total. The summed E-state index contributed by atoms with van der Waals surface area (Å²) in [6, 6.07) is 11.1. The van der Waals surface area contributed by atoms with E-state index in [0.717, 1.165) is 6.07 Å². The number of hydrogen-bond acceptors (Lipinski definition) is 7. The molecule has 0 spiro atoms. The van der Waals surface area contributed by atoms with Gasteiger partial charge in [0.05, 0.1) is 0 Å². The van der Waals surface area contributed by atoms with Gasteiger partial charge in [-0.05, 0) is 0 Å². The Morgan fingerprint density at radius 3 is 2.29 bits per heavy atom. The van der Waals surface area contributed by atoms with E-state index in [1.165, 1.54) is 6.07 Å². The Labute approximate surface area is 160 Å². The molecule has 144 valence electrons. The third-order valence-electron chi connectivity index (χ3n) is 3.97. The number of hydrogen-bond donors (Lipinski definition) is 1. The van der Waals surface area contributed by atoms with Crippen molar-refractivity contribution in [3.63, 3.8) is 0 Å². The SMILES string of the molecule is CCC(=O)Oc1cc(O)c2c(=O)c(OC(=O)CC)c(-c3ccccc3)oc2c1. The zero-order chi connectivity index (χ0) is 20.3. The molecule has 7 heteroatoms. The van der Waals surface area contributed by atoms with E-state index >= 15 is 0 Å². The summed E-state index contributed by atoms with van der Waals surface area (Å²) in [4.78, 5) is 36.3. The van der Waals surface area contributed by atoms with Gasteiger partial charge in [0.2, 0.25) is 11.2 Å². The Hall–Kier alpha value is -3.61. The van der Waals surface area contributed by atoms with Gasteiger partial charge in [0.15, 0.2) is 5.76 Å². The second-order valence-electron chi connectivity index (χ2n) is 5.93. The Morgan fingerprint density at radius 1 is 1.00 bits per heavy atom. The van der Waals surface area contributed by atoms with Gasteiger partial charge in [-0.3, -0.25) is 14.4 Å². The van der Waals surface area contributed by atoms with Gasteiger partial charge in [0.1, 0.15) is 22.5 Å². The molecule has 28 heavy (non-hydrogen) atoms. The number of phenols is 1. The van der Waals surface area contributed by atoms with Gasteiger partial charge in [-0.2, -0.15) is 0 Å². The Bertz CT molecular complexity index is 1100. The summed E-state index contributed by atoms with van der Waals surface area (Å²) in [6.45, 7) is 3.23. The van der Waals surface area contributed by atoms with Gasteiger partial charge in [0, 0.05) is 30.5 Å². The van der Waals surface area contributed by atoms with E-state index in [2.05, 4.69) is 0 Å². The van der Waals surface area contributed by atoms with E-state index in [1.807, 2.05) is 0 Å². The average Bonchev–Trinajstić information content (AvgIpc) is 2.69. The van der Waals surface area contributed by atoms with Crippen LogP contribution in [0.5, 0.6) is 17.2 Å². The number of rotatable bonds is 5. The molecule has 0 aliphatic rings. The van der Waals surface area contributed by atoms with Crippen LogP contribution in [0.15, 0.2) is 51.7 Å². The molecule has 0 saturated carbocycles. The van der Waals surface area contributed by atoms with Gasteiger partial charge in [-0.1, -0.05) is 44.2 Å². The minimum atomic E-state index is -0.701. The fourth-order valence-corrected chi connectivity index (χ4v) is 2.58. The molecule has 1 aromatic heterocycles. The molecular formula is C21H18O7. The van der Waals surface area contributed by atoms with Crippen LogP contribution in [0.25, 0.3) is 22.3 Å². The maximum absolute atomic E-state index is 13.0. The summed E-state index contributed by atoms with van der Waals surface area (Å²) in [5.41, 5.74) is -0.192. The van der Waals surface area contributed by atoms with Crippen molar-refractivity contribution in [2.24, 2.45) is 0 Å². The summed E-state index contributed by atoms with van der Waals surface area (Å²) in [7, 11) is 0. The Balaban J connectivity index is 2.28. The number of aromatic hydroxyl groups is 1. The van der Waals surface area contributed by atoms with E-state index in [4.69, 9.17) is 13.9 Å². The first-order valence-electron chi connectivity index (χ1n) is 8.75. The minimum Gasteiger partial charge on any atom is -0.507 e. The summed E-state index contributed by atoms with van der Waals surface area (Å²) in [6.07, 6.45) is 0.202. The molecule has 0 amide bonds. The summed E-state index contributed by atoms with van der Waals surface area (Å²) < 4.78 is 16.1. The Morgan fingerprint density at radius 2 is 1.64 bits per heavy atom. The van der Waals surface area contributed by atoms with Crippen LogP contribution in [0, 0.1) is 0 Å². The highest BCUT2D eigenvalue weighted by molar-refractivity contribution is 5.90. The van der Waals surface area contributed by atoms with Crippen molar-refractivity contribution in [1.82, 2.24) is 0 Å². The van der Waals surface area contributed by atoms with Crippen molar-refractivity contribution in [1.29, 1.82) is 0 Å². The van der Waals surface area contributed by atoms with E-state index in [9.17, 15) is 19.5 Å². The van der Waals surface area contributed by atoms with Gasteiger partial charge < -0.3 is 19.0 Å². The first-order valence-corrected chi connectivity index (χ1v) is 8.75. The number of carbonyl (C=O) groups excluding carboxylic acids is 2. The second-order valence-corrected chi connectivity index (χ2v) is 5.93. The molecular weight excluding hydrogens is 364 g/mol. The number of fused-ring (bicyclic) bond motifs is 1. The van der Waals surface area contributed by atoms with E-state index in [-0.39, 0.29) is 41.1 Å². The third-order valence-corrected chi connectivity index (χ3v) is 3.97. The molecule has 1 heterocycles. The number of carbonyl (C=O) groups is 2. The van der Waals surface area contributed by atoms with Crippen LogP contribution in [0.2, 0.25) is 0 Å². The molecule has 0 bridgehead atoms. The van der Waals surface area contributed by atoms with Crippen LogP contribution in [-0.2, 0) is 9.59 Å². The lowest BCUT2D eigenvalue weighted by atomic mass is 10.1. The number of esters is 2. The van der Waals surface area contributed by atoms with E-state index in [1.54, 1.807) is 44.2 Å². The smallest absolute Gasteiger partial charge is 0.311 e. The summed E-state index contributed by atoms with van der Waals surface area (Å²) in [5.74, 6) is -1.79. The lowest BCUT2D eigenvalue weighted by Crippen LogP contribution is -2.15. The van der Waals surface area contributed by atoms with E-state index in [0.29, 0.717) is 5.56 Å². The zero-order valence-electron chi connectivity index (χ0n) is 15.4. The van der Waals surface area contributed by atoms with Gasteiger partial charge in [-0.25, -0.2) is 0 Å². The molecule has 0 aliphatic carbocycles. The minimum absolute atomic E-state index is 0.000876. The standard InChI is InChI=1S/C21H18O7/c1-3-16(23)26-13-10-14(22)18-15(11-13)27-20(12-8-6-5-7-9-12)21(19(18)25)28-17(24)4-2/h5-11,22H,3-4H2,1-2H3. The van der Waals surface area contributed by atoms with Crippen molar-refractivity contribution in [3.8, 4) is 28.6 Å². The normalized spacial score (nSPS) is 10.6. The fraction of sp³-hybridized carbons (Fsp3) is 0.190. The monoisotopic (exact) mass is 382 g/mol. The highest BCUT2D eigenvalue weighted by Gasteiger charge is 2.22. The van der Waals surface area contributed by atoms with Crippen molar-refractivity contribution in [3.05, 3.63) is 52.7 Å². The van der Waals surface area contributed by atoms with Crippen molar-refractivity contribution >= 4 is 22.9 Å². The first-order chi connectivity index (χ1) is 13.4. The van der Waals surface area contributed by atoms with E-state index < -0.39 is 23.1 Å². The topological polar surface area (TPSA) is 103 Å². The predicted octanol–water partition coefficient (Wildman–Crippen LogP) is 3.80. The molecule has 2 aromatic carbocycles. The fourth-order valence-electron chi connectivity index (χ4n) is 2.58. The first kappa shape index (κ1) is 19.2. The second kappa shape index (κ2) is 7.96. The van der Waals surface area contributed by atoms with Crippen molar-refractivity contribution in [2.45, 2.75) is 26.7 Å². The number of ether oxygens (including phenoxy) is 2. The highest BCUT2D eigenvalue weighted by Crippen LogP contribution is 2.36. The number of phenolic OH excluding ortho intramolecular Hbond substituents is 1. The average molecular weight is 382 g/mol. The maximum atomic E-state index is 13.0. The molecule has 0 unspecified atom stereocenters. The quantitative estimate of drug-likeness (QED) is 0.529. The van der Waals surface area contributed by atoms with Crippen molar-refractivity contribution in [2.75, 3.05) is 0 Å². The third kappa shape index (κ3) is 3.73. The van der Waals surface area contributed by atoms with Crippen LogP contribution in [-0.4, -0.2) is 17.0 Å². The molecule has 0 saturated heterocycles. The molecule has 0 fully saturated rings. The van der Waals surface area contributed by atoms with Crippen LogP contribution in [0.1, 0.15) is 26.7 Å². The van der Waals surface area contributed by atoms with Crippen LogP contribution >= 0.6 is 0 Å².